The quantitative estimate of drug-likeness (QED) is 0.912. The van der Waals surface area contributed by atoms with E-state index in [2.05, 4.69) is 0 Å². The lowest BCUT2D eigenvalue weighted by molar-refractivity contribution is -0.0619. The summed E-state index contributed by atoms with van der Waals surface area (Å²) in [5.41, 5.74) is -0.644. The van der Waals surface area contributed by atoms with Crippen LogP contribution in [0.4, 0.5) is 0 Å². The van der Waals surface area contributed by atoms with Crippen molar-refractivity contribution in [2.75, 3.05) is 27.6 Å². The van der Waals surface area contributed by atoms with Gasteiger partial charge in [0.1, 0.15) is 5.75 Å². The van der Waals surface area contributed by atoms with Crippen molar-refractivity contribution in [2.45, 2.75) is 31.3 Å². The fraction of sp³-hybridized carbons (Fsp3) is 0.625. The Hall–Kier alpha value is -1.06. The molecular formula is C16H25NO2. The second-order valence-electron chi connectivity index (χ2n) is 5.21. The maximum Gasteiger partial charge on any atom is 0.119 e. The zero-order valence-corrected chi connectivity index (χ0v) is 11.2. The van der Waals surface area contributed by atoms with Gasteiger partial charge in [-0.3, -0.25) is 0 Å². The fourth-order valence-corrected chi connectivity index (χ4v) is 2.96. The topological polar surface area (TPSA) is 32.7 Å². The molecule has 1 fully saturated rings. The van der Waals surface area contributed by atoms with Gasteiger partial charge < -0.3 is 14.7 Å². The summed E-state index contributed by atoms with van der Waals surface area (Å²) in [5.74, 6) is 0.105. The third-order valence-electron chi connectivity index (χ3n) is 4.01. The third-order valence-corrected chi connectivity index (χ3v) is 4.01. The van der Waals surface area contributed by atoms with Gasteiger partial charge in [0.05, 0.1) is 12.7 Å². The van der Waals surface area contributed by atoms with E-state index in [1.165, 1.54) is 7.11 Å². The monoisotopic (exact) mass is 269 g/mol. The van der Waals surface area contributed by atoms with Crippen LogP contribution in [-0.4, -0.2) is 37.6 Å². The first kappa shape index (κ1) is 8.28. The molecule has 0 radical (unpaired) electrons. The van der Waals surface area contributed by atoms with E-state index >= 15 is 0 Å². The van der Waals surface area contributed by atoms with Gasteiger partial charge in [0, 0.05) is 20.7 Å². The molecule has 3 heteroatoms. The fourth-order valence-electron chi connectivity index (χ4n) is 2.96. The van der Waals surface area contributed by atoms with Crippen LogP contribution in [0.3, 0.4) is 0 Å². The third kappa shape index (κ3) is 3.10. The lowest BCUT2D eigenvalue weighted by Gasteiger charge is -2.41. The van der Waals surface area contributed by atoms with E-state index in [1.807, 2.05) is 0 Å². The molecule has 1 aliphatic rings. The first-order chi connectivity index (χ1) is 11.5. The number of hydrogen-bond donors (Lipinski definition) is 1. The predicted octanol–water partition coefficient (Wildman–Crippen LogP) is 2.63. The second-order valence-corrected chi connectivity index (χ2v) is 5.21. The molecule has 106 valence electrons. The van der Waals surface area contributed by atoms with Crippen LogP contribution in [0.5, 0.6) is 5.75 Å². The van der Waals surface area contributed by atoms with Gasteiger partial charge >= 0.3 is 0 Å². The Morgan fingerprint density at radius 3 is 3.05 bits per heavy atom. The van der Waals surface area contributed by atoms with E-state index in [9.17, 15) is 5.11 Å². The van der Waals surface area contributed by atoms with Gasteiger partial charge in [-0.1, -0.05) is 25.0 Å². The molecule has 2 atom stereocenters. The van der Waals surface area contributed by atoms with Crippen LogP contribution in [0, 0.1) is 5.92 Å². The van der Waals surface area contributed by atoms with Gasteiger partial charge in [-0.25, -0.2) is 0 Å². The summed E-state index contributed by atoms with van der Waals surface area (Å²) in [6, 6.07) is 7.04. The molecule has 1 saturated carbocycles. The molecular weight excluding hydrogens is 238 g/mol. The van der Waals surface area contributed by atoms with E-state index in [0.717, 1.165) is 12.8 Å². The van der Waals surface area contributed by atoms with Crippen molar-refractivity contribution in [3.63, 3.8) is 0 Å². The highest BCUT2D eigenvalue weighted by atomic mass is 16.5. The van der Waals surface area contributed by atoms with Crippen LogP contribution in [0.1, 0.15) is 39.5 Å². The zero-order valence-electron chi connectivity index (χ0n) is 17.2. The van der Waals surface area contributed by atoms with Gasteiger partial charge in [0.15, 0.2) is 0 Å². The lowest BCUT2D eigenvalue weighted by atomic mass is 9.71. The van der Waals surface area contributed by atoms with Gasteiger partial charge in [0.25, 0.3) is 0 Å². The summed E-state index contributed by atoms with van der Waals surface area (Å²) in [6.45, 7) is -5.73. The number of benzene rings is 1. The normalized spacial score (nSPS) is 33.5. The molecule has 0 heterocycles. The zero-order chi connectivity index (χ0) is 18.9. The van der Waals surface area contributed by atoms with Crippen molar-refractivity contribution in [3.8, 4) is 5.75 Å². The standard InChI is InChI=1S/C16H25NO2/c1-17(2)12-14-7-4-5-10-16(14,18)13-8-6-9-15(11-13)19-3/h6,8-9,11,14,18H,4-5,7,10,12H2,1-3H3/t14-,16+/m0/s1/i1D3,2D3. The minimum absolute atomic E-state index is 0.222. The largest absolute Gasteiger partial charge is 0.497 e. The van der Waals surface area contributed by atoms with Gasteiger partial charge in [-0.2, -0.15) is 0 Å². The molecule has 1 aromatic carbocycles. The first-order valence-corrected chi connectivity index (χ1v) is 6.63. The molecule has 1 N–H and O–H groups in total. The highest BCUT2D eigenvalue weighted by Crippen LogP contribution is 2.42. The predicted molar refractivity (Wildman–Crippen MR) is 77.4 cm³/mol. The molecule has 0 aliphatic heterocycles. The summed E-state index contributed by atoms with van der Waals surface area (Å²) in [4.78, 5) is 0.543. The minimum Gasteiger partial charge on any atom is -0.497 e. The van der Waals surface area contributed by atoms with Gasteiger partial charge in [-0.15, -0.1) is 0 Å². The summed E-state index contributed by atoms with van der Waals surface area (Å²) < 4.78 is 50.6. The first-order valence-electron chi connectivity index (χ1n) is 9.63. The molecule has 0 unspecified atom stereocenters. The molecule has 0 amide bonds. The van der Waals surface area contributed by atoms with Crippen molar-refractivity contribution in [1.29, 1.82) is 0 Å². The van der Waals surface area contributed by atoms with Gasteiger partial charge in [-0.05, 0) is 44.5 Å². The summed E-state index contributed by atoms with van der Waals surface area (Å²) in [5, 5.41) is 11.4. The van der Waals surface area contributed by atoms with Crippen molar-refractivity contribution >= 4 is 0 Å². The Morgan fingerprint density at radius 2 is 2.32 bits per heavy atom. The molecule has 0 spiro atoms. The minimum atomic E-state index is -2.75. The van der Waals surface area contributed by atoms with Crippen LogP contribution >= 0.6 is 0 Å². The molecule has 3 nitrogen and oxygen atoms in total. The molecule has 0 bridgehead atoms. The van der Waals surface area contributed by atoms with Crippen LogP contribution < -0.4 is 4.74 Å². The SMILES string of the molecule is [2H]C([2H])([2H])N(C[C@@H]1CCCC[C@@]1(O)c1cccc(OC)c1)C([2H])([2H])[2H]. The maximum atomic E-state index is 11.4. The van der Waals surface area contributed by atoms with Crippen LogP contribution in [0.25, 0.3) is 0 Å². The number of nitrogens with zero attached hydrogens (tertiary/aromatic N) is 1. The Morgan fingerprint density at radius 1 is 1.47 bits per heavy atom. The summed E-state index contributed by atoms with van der Waals surface area (Å²) >= 11 is 0. The Balaban J connectivity index is 2.36. The van der Waals surface area contributed by atoms with E-state index in [4.69, 9.17) is 13.0 Å². The van der Waals surface area contributed by atoms with Crippen LogP contribution in [-0.2, 0) is 5.60 Å². The van der Waals surface area contributed by atoms with Gasteiger partial charge in [0.2, 0.25) is 0 Å². The van der Waals surface area contributed by atoms with Crippen molar-refractivity contribution in [3.05, 3.63) is 29.8 Å². The number of ether oxygens (including phenoxy) is 1. The molecule has 1 aromatic rings. The van der Waals surface area contributed by atoms with E-state index in [0.29, 0.717) is 29.1 Å². The summed E-state index contributed by atoms with van der Waals surface area (Å²) in [7, 11) is 1.53. The molecule has 1 aliphatic carbocycles. The van der Waals surface area contributed by atoms with Crippen LogP contribution in [0.15, 0.2) is 24.3 Å². The highest BCUT2D eigenvalue weighted by Gasteiger charge is 2.40. The Labute approximate surface area is 124 Å². The van der Waals surface area contributed by atoms with Crippen molar-refractivity contribution < 1.29 is 18.1 Å². The summed E-state index contributed by atoms with van der Waals surface area (Å²) in [6.07, 6.45) is 2.65. The molecule has 19 heavy (non-hydrogen) atoms. The lowest BCUT2D eigenvalue weighted by Crippen LogP contribution is -2.43. The maximum absolute atomic E-state index is 11.4. The highest BCUT2D eigenvalue weighted by molar-refractivity contribution is 5.33. The Bertz CT molecular complexity index is 575. The molecule has 0 saturated heterocycles. The van der Waals surface area contributed by atoms with Crippen molar-refractivity contribution in [2.24, 2.45) is 5.92 Å². The molecule has 0 aromatic heterocycles. The van der Waals surface area contributed by atoms with Crippen molar-refractivity contribution in [1.82, 2.24) is 4.90 Å². The second kappa shape index (κ2) is 5.93. The average Bonchev–Trinajstić information content (AvgIpc) is 2.51. The van der Waals surface area contributed by atoms with Crippen LogP contribution in [0.2, 0.25) is 0 Å². The average molecular weight is 269 g/mol. The molecule has 2 rings (SSSR count). The number of methoxy groups -OCH3 is 1. The van der Waals surface area contributed by atoms with E-state index in [1.54, 1.807) is 24.3 Å². The number of hydrogen-bond acceptors (Lipinski definition) is 3. The number of rotatable bonds is 4. The number of aliphatic hydroxyl groups is 1. The van der Waals surface area contributed by atoms with E-state index in [-0.39, 0.29) is 6.54 Å². The Kier molecular flexibility index (Phi) is 2.58. The van der Waals surface area contributed by atoms with E-state index < -0.39 is 25.5 Å². The smallest absolute Gasteiger partial charge is 0.119 e.